The Kier molecular flexibility index (Phi) is 4.45. The minimum absolute atomic E-state index is 0.159. The first-order valence-electron chi connectivity index (χ1n) is 8.90. The van der Waals surface area contributed by atoms with E-state index in [1.165, 1.54) is 0 Å². The van der Waals surface area contributed by atoms with Gasteiger partial charge in [0, 0.05) is 0 Å². The van der Waals surface area contributed by atoms with Gasteiger partial charge in [-0.05, 0) is 16.7 Å². The van der Waals surface area contributed by atoms with E-state index >= 15 is 0 Å². The van der Waals surface area contributed by atoms with Gasteiger partial charge in [-0.15, -0.1) is 0 Å². The van der Waals surface area contributed by atoms with E-state index < -0.39 is 17.6 Å². The molecule has 4 nitrogen and oxygen atoms in total. The number of nitrogens with zero attached hydrogens (tertiary/aromatic N) is 1. The van der Waals surface area contributed by atoms with Crippen LogP contribution in [0.2, 0.25) is 0 Å². The van der Waals surface area contributed by atoms with Gasteiger partial charge in [0.2, 0.25) is 5.91 Å². The van der Waals surface area contributed by atoms with E-state index in [1.807, 2.05) is 91.0 Å². The quantitative estimate of drug-likeness (QED) is 0.547. The molecule has 0 bridgehead atoms. The fourth-order valence-electron chi connectivity index (χ4n) is 3.68. The van der Waals surface area contributed by atoms with Gasteiger partial charge < -0.3 is 5.32 Å². The minimum Gasteiger partial charge on any atom is -0.337 e. The van der Waals surface area contributed by atoms with Crippen LogP contribution in [0.25, 0.3) is 0 Å². The zero-order valence-corrected chi connectivity index (χ0v) is 14.7. The first-order valence-corrected chi connectivity index (χ1v) is 8.90. The highest BCUT2D eigenvalue weighted by Gasteiger charge is 2.47. The predicted octanol–water partition coefficient (Wildman–Crippen LogP) is 2.96. The minimum atomic E-state index is -0.749. The number of nitriles is 1. The average molecular weight is 353 g/mol. The average Bonchev–Trinajstić information content (AvgIpc) is 2.74. The van der Waals surface area contributed by atoms with E-state index in [-0.39, 0.29) is 5.91 Å². The summed E-state index contributed by atoms with van der Waals surface area (Å²) in [6.07, 6.45) is 0. The highest BCUT2D eigenvalue weighted by atomic mass is 16.2. The van der Waals surface area contributed by atoms with Crippen LogP contribution in [0, 0.1) is 11.3 Å². The Hall–Kier alpha value is -3.42. The van der Waals surface area contributed by atoms with Gasteiger partial charge in [-0.3, -0.25) is 10.1 Å². The van der Waals surface area contributed by atoms with Gasteiger partial charge in [0.1, 0.15) is 12.1 Å². The first-order chi connectivity index (χ1) is 13.3. The Morgan fingerprint density at radius 3 is 1.52 bits per heavy atom. The molecular formula is C23H19N3O. The van der Waals surface area contributed by atoms with Crippen molar-refractivity contribution in [3.05, 3.63) is 108 Å². The number of hydrogen-bond donors (Lipinski definition) is 2. The summed E-state index contributed by atoms with van der Waals surface area (Å²) in [5.74, 6) is -0.159. The molecule has 0 saturated carbocycles. The Balaban J connectivity index is 1.95. The maximum Gasteiger partial charge on any atom is 0.241 e. The van der Waals surface area contributed by atoms with Crippen LogP contribution >= 0.6 is 0 Å². The van der Waals surface area contributed by atoms with Crippen LogP contribution < -0.4 is 10.6 Å². The lowest BCUT2D eigenvalue weighted by Crippen LogP contribution is -2.71. The van der Waals surface area contributed by atoms with Gasteiger partial charge in [-0.2, -0.15) is 5.26 Å². The molecule has 4 heteroatoms. The van der Waals surface area contributed by atoms with Crippen molar-refractivity contribution in [2.24, 2.45) is 0 Å². The van der Waals surface area contributed by atoms with Crippen LogP contribution in [0.5, 0.6) is 0 Å². The molecule has 1 amide bonds. The second-order valence-corrected chi connectivity index (χ2v) is 6.59. The van der Waals surface area contributed by atoms with Crippen LogP contribution in [0.15, 0.2) is 91.0 Å². The lowest BCUT2D eigenvalue weighted by atomic mass is 9.75. The maximum absolute atomic E-state index is 12.2. The molecule has 132 valence electrons. The third-order valence-electron chi connectivity index (χ3n) is 5.05. The smallest absolute Gasteiger partial charge is 0.241 e. The number of benzene rings is 3. The predicted molar refractivity (Wildman–Crippen MR) is 104 cm³/mol. The van der Waals surface area contributed by atoms with Gasteiger partial charge >= 0.3 is 0 Å². The van der Waals surface area contributed by atoms with Gasteiger partial charge in [-0.25, -0.2) is 0 Å². The van der Waals surface area contributed by atoms with Crippen molar-refractivity contribution in [2.75, 3.05) is 0 Å². The highest BCUT2D eigenvalue weighted by molar-refractivity contribution is 5.90. The molecule has 0 radical (unpaired) electrons. The molecule has 2 N–H and O–H groups in total. The standard InChI is InChI=1S/C23H19N3O/c24-16-20-21(22(27)25-20)26-23(17-10-4-1-5-11-17,18-12-6-2-7-13-18)19-14-8-3-9-15-19/h1-15,20-21,26H,(H,25,27)/t20?,21-/m1/s1. The lowest BCUT2D eigenvalue weighted by Gasteiger charge is -2.44. The Labute approximate surface area is 158 Å². The SMILES string of the molecule is N#CC1NC(=O)[C@@H]1NC(c1ccccc1)(c1ccccc1)c1ccccc1. The summed E-state index contributed by atoms with van der Waals surface area (Å²) in [7, 11) is 0. The normalized spacial score (nSPS) is 18.9. The third kappa shape index (κ3) is 2.88. The fourth-order valence-corrected chi connectivity index (χ4v) is 3.68. The molecule has 4 rings (SSSR count). The van der Waals surface area contributed by atoms with E-state index in [2.05, 4.69) is 16.7 Å². The number of hydrogen-bond acceptors (Lipinski definition) is 3. The van der Waals surface area contributed by atoms with Crippen molar-refractivity contribution in [2.45, 2.75) is 17.6 Å². The summed E-state index contributed by atoms with van der Waals surface area (Å²) >= 11 is 0. The molecule has 27 heavy (non-hydrogen) atoms. The Bertz CT molecular complexity index is 868. The summed E-state index contributed by atoms with van der Waals surface area (Å²) < 4.78 is 0. The maximum atomic E-state index is 12.2. The number of rotatable bonds is 5. The molecule has 0 aromatic heterocycles. The molecule has 1 saturated heterocycles. The molecule has 1 unspecified atom stereocenters. The summed E-state index contributed by atoms with van der Waals surface area (Å²) in [5, 5.41) is 15.6. The van der Waals surface area contributed by atoms with Crippen LogP contribution in [0.4, 0.5) is 0 Å². The first kappa shape index (κ1) is 17.0. The molecule has 1 heterocycles. The molecule has 1 aliphatic heterocycles. The second-order valence-electron chi connectivity index (χ2n) is 6.59. The van der Waals surface area contributed by atoms with Gasteiger partial charge in [0.05, 0.1) is 11.6 Å². The zero-order chi connectivity index (χ0) is 18.7. The van der Waals surface area contributed by atoms with Gasteiger partial charge in [0.15, 0.2) is 0 Å². The highest BCUT2D eigenvalue weighted by Crippen LogP contribution is 2.38. The Morgan fingerprint density at radius 2 is 1.19 bits per heavy atom. The van der Waals surface area contributed by atoms with Crippen LogP contribution in [0.1, 0.15) is 16.7 Å². The van der Waals surface area contributed by atoms with Gasteiger partial charge in [0.25, 0.3) is 0 Å². The monoisotopic (exact) mass is 353 g/mol. The molecule has 3 aromatic rings. The summed E-state index contributed by atoms with van der Waals surface area (Å²) in [6.45, 7) is 0. The summed E-state index contributed by atoms with van der Waals surface area (Å²) in [5.41, 5.74) is 2.29. The van der Waals surface area contributed by atoms with E-state index in [9.17, 15) is 10.1 Å². The van der Waals surface area contributed by atoms with Crippen LogP contribution in [-0.2, 0) is 10.3 Å². The van der Waals surface area contributed by atoms with Crippen molar-refractivity contribution in [1.29, 1.82) is 5.26 Å². The molecule has 0 spiro atoms. The molecule has 1 fully saturated rings. The van der Waals surface area contributed by atoms with Crippen molar-refractivity contribution >= 4 is 5.91 Å². The second kappa shape index (κ2) is 7.06. The summed E-state index contributed by atoms with van der Waals surface area (Å²) in [4.78, 5) is 12.2. The van der Waals surface area contributed by atoms with Gasteiger partial charge in [-0.1, -0.05) is 91.0 Å². The number of carbonyl (C=O) groups is 1. The Morgan fingerprint density at radius 1 is 0.778 bits per heavy atom. The zero-order valence-electron chi connectivity index (χ0n) is 14.7. The number of β-lactam (4-membered cyclic amide) rings is 1. The van der Waals surface area contributed by atoms with Crippen molar-refractivity contribution in [1.82, 2.24) is 10.6 Å². The largest absolute Gasteiger partial charge is 0.337 e. The van der Waals surface area contributed by atoms with E-state index in [1.54, 1.807) is 0 Å². The van der Waals surface area contributed by atoms with Crippen molar-refractivity contribution in [3.8, 4) is 6.07 Å². The van der Waals surface area contributed by atoms with Crippen molar-refractivity contribution < 1.29 is 4.79 Å². The van der Waals surface area contributed by atoms with E-state index in [0.29, 0.717) is 0 Å². The molecular weight excluding hydrogens is 334 g/mol. The number of carbonyl (C=O) groups excluding carboxylic acids is 1. The fraction of sp³-hybridized carbons (Fsp3) is 0.130. The van der Waals surface area contributed by atoms with Crippen LogP contribution in [-0.4, -0.2) is 18.0 Å². The van der Waals surface area contributed by atoms with E-state index in [4.69, 9.17) is 0 Å². The number of nitrogens with one attached hydrogen (secondary N) is 2. The third-order valence-corrected chi connectivity index (χ3v) is 5.05. The molecule has 0 aliphatic carbocycles. The molecule has 3 aromatic carbocycles. The van der Waals surface area contributed by atoms with E-state index in [0.717, 1.165) is 16.7 Å². The lowest BCUT2D eigenvalue weighted by molar-refractivity contribution is -0.130. The topological polar surface area (TPSA) is 64.9 Å². The van der Waals surface area contributed by atoms with Crippen LogP contribution in [0.3, 0.4) is 0 Å². The van der Waals surface area contributed by atoms with Crippen molar-refractivity contribution in [3.63, 3.8) is 0 Å². The molecule has 1 aliphatic rings. The molecule has 2 atom stereocenters. The summed E-state index contributed by atoms with van der Waals surface area (Å²) in [6, 6.07) is 31.1. The number of amides is 1.